The van der Waals surface area contributed by atoms with E-state index in [2.05, 4.69) is 9.97 Å². The van der Waals surface area contributed by atoms with Gasteiger partial charge in [-0.3, -0.25) is 0 Å². The Balaban J connectivity index is 1.82. The van der Waals surface area contributed by atoms with Gasteiger partial charge in [-0.2, -0.15) is 18.2 Å². The second-order valence-electron chi connectivity index (χ2n) is 6.07. The zero-order valence-corrected chi connectivity index (χ0v) is 13.0. The van der Waals surface area contributed by atoms with Gasteiger partial charge >= 0.3 is 12.3 Å². The number of hydrogen-bond acceptors (Lipinski definition) is 4. The Labute approximate surface area is 136 Å². The van der Waals surface area contributed by atoms with Crippen molar-refractivity contribution in [1.29, 1.82) is 0 Å². The van der Waals surface area contributed by atoms with Crippen LogP contribution in [0.5, 0.6) is 5.88 Å². The fraction of sp³-hybridized carbons (Fsp3) is 0.667. The third-order valence-electron chi connectivity index (χ3n) is 4.16. The molecule has 2 aliphatic rings. The molecule has 3 rings (SSSR count). The number of carboxylic acid groups (broad SMARTS) is 1. The Morgan fingerprint density at radius 3 is 2.58 bits per heavy atom. The van der Waals surface area contributed by atoms with Crippen molar-refractivity contribution in [3.05, 3.63) is 17.1 Å². The lowest BCUT2D eigenvalue weighted by Crippen LogP contribution is -2.31. The van der Waals surface area contributed by atoms with Crippen molar-refractivity contribution in [3.8, 4) is 5.88 Å². The molecule has 1 amide bonds. The molecule has 0 radical (unpaired) electrons. The van der Waals surface area contributed by atoms with Crippen LogP contribution in [0.3, 0.4) is 0 Å². The highest BCUT2D eigenvalue weighted by molar-refractivity contribution is 5.65. The topological polar surface area (TPSA) is 75.5 Å². The molecule has 0 unspecified atom stereocenters. The first-order chi connectivity index (χ1) is 11.3. The highest BCUT2D eigenvalue weighted by Gasteiger charge is 2.31. The number of rotatable bonds is 4. The molecule has 1 aromatic rings. The van der Waals surface area contributed by atoms with Gasteiger partial charge in [0.05, 0.1) is 18.7 Å². The number of carbonyl (C=O) groups is 1. The molecule has 0 atom stereocenters. The SMILES string of the molecule is O=C(O)N1CCc2nc(C3CC3)nc(OCCC(F)(F)F)c2CC1. The van der Waals surface area contributed by atoms with E-state index < -0.39 is 25.3 Å². The number of halogens is 3. The van der Waals surface area contributed by atoms with Gasteiger partial charge in [0, 0.05) is 31.0 Å². The summed E-state index contributed by atoms with van der Waals surface area (Å²) in [4.78, 5) is 21.2. The first kappa shape index (κ1) is 16.8. The Bertz CT molecular complexity index is 632. The van der Waals surface area contributed by atoms with Crippen molar-refractivity contribution < 1.29 is 27.8 Å². The summed E-state index contributed by atoms with van der Waals surface area (Å²) in [6, 6.07) is 0. The third-order valence-corrected chi connectivity index (χ3v) is 4.16. The average molecular weight is 345 g/mol. The van der Waals surface area contributed by atoms with Crippen molar-refractivity contribution >= 4 is 6.09 Å². The highest BCUT2D eigenvalue weighted by Crippen LogP contribution is 2.39. The lowest BCUT2D eigenvalue weighted by Gasteiger charge is -2.15. The minimum Gasteiger partial charge on any atom is -0.477 e. The highest BCUT2D eigenvalue weighted by atomic mass is 19.4. The molecule has 2 heterocycles. The van der Waals surface area contributed by atoms with Crippen LogP contribution >= 0.6 is 0 Å². The van der Waals surface area contributed by atoms with E-state index >= 15 is 0 Å². The molecule has 1 aromatic heterocycles. The molecule has 1 N–H and O–H groups in total. The number of ether oxygens (including phenoxy) is 1. The summed E-state index contributed by atoms with van der Waals surface area (Å²) in [5, 5.41) is 9.13. The van der Waals surface area contributed by atoms with Crippen LogP contribution in [0.2, 0.25) is 0 Å². The predicted octanol–water partition coefficient (Wildman–Crippen LogP) is 2.76. The normalized spacial score (nSPS) is 18.0. The standard InChI is InChI=1S/C15H18F3N3O3/c16-15(17,18)5-8-24-13-10-3-6-21(14(22)23)7-4-11(10)19-12(20-13)9-1-2-9/h9H,1-8H2,(H,22,23). The van der Waals surface area contributed by atoms with Crippen molar-refractivity contribution in [2.75, 3.05) is 19.7 Å². The summed E-state index contributed by atoms with van der Waals surface area (Å²) < 4.78 is 42.3. The summed E-state index contributed by atoms with van der Waals surface area (Å²) in [5.41, 5.74) is 1.32. The molecule has 0 aromatic carbocycles. The smallest absolute Gasteiger partial charge is 0.407 e. The van der Waals surface area contributed by atoms with Gasteiger partial charge in [0.25, 0.3) is 0 Å². The molecule has 1 aliphatic carbocycles. The first-order valence-electron chi connectivity index (χ1n) is 7.90. The Hall–Kier alpha value is -2.06. The summed E-state index contributed by atoms with van der Waals surface area (Å²) >= 11 is 0. The quantitative estimate of drug-likeness (QED) is 0.908. The monoisotopic (exact) mass is 345 g/mol. The van der Waals surface area contributed by atoms with Crippen LogP contribution in [0.1, 0.15) is 42.3 Å². The number of amides is 1. The Morgan fingerprint density at radius 2 is 1.96 bits per heavy atom. The van der Waals surface area contributed by atoms with E-state index in [9.17, 15) is 18.0 Å². The summed E-state index contributed by atoms with van der Waals surface area (Å²) in [6.07, 6.45) is -3.68. The number of fused-ring (bicyclic) bond motifs is 1. The molecule has 1 fully saturated rings. The van der Waals surface area contributed by atoms with Crippen molar-refractivity contribution in [1.82, 2.24) is 14.9 Å². The van der Waals surface area contributed by atoms with E-state index in [0.29, 0.717) is 36.5 Å². The van der Waals surface area contributed by atoms with Gasteiger partial charge in [0.1, 0.15) is 5.82 Å². The number of hydrogen-bond donors (Lipinski definition) is 1. The molecule has 6 nitrogen and oxygen atoms in total. The Morgan fingerprint density at radius 1 is 1.25 bits per heavy atom. The molecule has 24 heavy (non-hydrogen) atoms. The average Bonchev–Trinajstić information content (AvgIpc) is 3.32. The van der Waals surface area contributed by atoms with E-state index in [0.717, 1.165) is 12.8 Å². The third kappa shape index (κ3) is 4.07. The lowest BCUT2D eigenvalue weighted by atomic mass is 10.1. The predicted molar refractivity (Wildman–Crippen MR) is 77.2 cm³/mol. The summed E-state index contributed by atoms with van der Waals surface area (Å²) in [5.74, 6) is 1.01. The molecule has 1 saturated carbocycles. The van der Waals surface area contributed by atoms with Crippen LogP contribution < -0.4 is 4.74 Å². The zero-order valence-electron chi connectivity index (χ0n) is 13.0. The Kier molecular flexibility index (Phi) is 4.51. The van der Waals surface area contributed by atoms with E-state index in [1.165, 1.54) is 4.90 Å². The fourth-order valence-electron chi connectivity index (χ4n) is 2.68. The first-order valence-corrected chi connectivity index (χ1v) is 7.90. The van der Waals surface area contributed by atoms with Gasteiger partial charge in [-0.1, -0.05) is 0 Å². The lowest BCUT2D eigenvalue weighted by molar-refractivity contribution is -0.139. The molecule has 0 saturated heterocycles. The van der Waals surface area contributed by atoms with Gasteiger partial charge in [0.15, 0.2) is 0 Å². The second kappa shape index (κ2) is 6.45. The molecule has 0 spiro atoms. The molecular weight excluding hydrogens is 327 g/mol. The van der Waals surface area contributed by atoms with Crippen LogP contribution in [-0.2, 0) is 12.8 Å². The maximum atomic E-state index is 12.3. The van der Waals surface area contributed by atoms with E-state index in [-0.39, 0.29) is 18.3 Å². The largest absolute Gasteiger partial charge is 0.477 e. The molecule has 9 heteroatoms. The number of aromatic nitrogens is 2. The van der Waals surface area contributed by atoms with Crippen LogP contribution in [0.15, 0.2) is 0 Å². The molecular formula is C15H18F3N3O3. The van der Waals surface area contributed by atoms with Crippen LogP contribution in [0.4, 0.5) is 18.0 Å². The van der Waals surface area contributed by atoms with Crippen LogP contribution in [0.25, 0.3) is 0 Å². The molecule has 132 valence electrons. The minimum absolute atomic E-state index is 0.179. The maximum Gasteiger partial charge on any atom is 0.407 e. The fourth-order valence-corrected chi connectivity index (χ4v) is 2.68. The van der Waals surface area contributed by atoms with Gasteiger partial charge in [-0.25, -0.2) is 9.78 Å². The number of nitrogens with zero attached hydrogens (tertiary/aromatic N) is 3. The van der Waals surface area contributed by atoms with Gasteiger partial charge in [-0.05, 0) is 19.3 Å². The minimum atomic E-state index is -4.29. The summed E-state index contributed by atoms with van der Waals surface area (Å²) in [6.45, 7) is 0.0647. The van der Waals surface area contributed by atoms with Crippen LogP contribution in [0, 0.1) is 0 Å². The van der Waals surface area contributed by atoms with Gasteiger partial charge < -0.3 is 14.7 Å². The zero-order chi connectivity index (χ0) is 17.3. The summed E-state index contributed by atoms with van der Waals surface area (Å²) in [7, 11) is 0. The number of alkyl halides is 3. The van der Waals surface area contributed by atoms with Gasteiger partial charge in [-0.15, -0.1) is 0 Å². The van der Waals surface area contributed by atoms with Crippen molar-refractivity contribution in [2.45, 2.75) is 44.2 Å². The molecule has 0 bridgehead atoms. The second-order valence-corrected chi connectivity index (χ2v) is 6.07. The van der Waals surface area contributed by atoms with E-state index in [1.54, 1.807) is 0 Å². The maximum absolute atomic E-state index is 12.3. The van der Waals surface area contributed by atoms with Crippen molar-refractivity contribution in [2.24, 2.45) is 0 Å². The van der Waals surface area contributed by atoms with Gasteiger partial charge in [0.2, 0.25) is 5.88 Å². The molecule has 1 aliphatic heterocycles. The van der Waals surface area contributed by atoms with Crippen molar-refractivity contribution in [3.63, 3.8) is 0 Å². The van der Waals surface area contributed by atoms with Crippen LogP contribution in [-0.4, -0.2) is 51.9 Å². The van der Waals surface area contributed by atoms with E-state index in [1.807, 2.05) is 0 Å². The van der Waals surface area contributed by atoms with E-state index in [4.69, 9.17) is 9.84 Å².